The fraction of sp³-hybridized carbons (Fsp3) is 0.364. The molecule has 31 heavy (non-hydrogen) atoms. The third-order valence-electron chi connectivity index (χ3n) is 6.42. The number of amides is 1. The highest BCUT2D eigenvalue weighted by Crippen LogP contribution is 2.43. The number of carbonyl (C=O) groups excluding carboxylic acids is 1. The molecule has 2 saturated heterocycles. The first-order valence-electron chi connectivity index (χ1n) is 10.2. The number of halogens is 2. The molecular formula is C22H23F2N5O2. The van der Waals surface area contributed by atoms with Crippen molar-refractivity contribution in [2.45, 2.75) is 18.9 Å². The minimum atomic E-state index is -0.784. The summed E-state index contributed by atoms with van der Waals surface area (Å²) in [5.74, 6) is -0.318. The smallest absolute Gasteiger partial charge is 0.241 e. The van der Waals surface area contributed by atoms with Crippen LogP contribution >= 0.6 is 0 Å². The number of piperidine rings is 1. The summed E-state index contributed by atoms with van der Waals surface area (Å²) in [4.78, 5) is 18.9. The maximum Gasteiger partial charge on any atom is 0.241 e. The number of hydrazine groups is 1. The predicted molar refractivity (Wildman–Crippen MR) is 111 cm³/mol. The van der Waals surface area contributed by atoms with Crippen LogP contribution in [-0.4, -0.2) is 46.5 Å². The Morgan fingerprint density at radius 2 is 2.00 bits per heavy atom. The molecule has 2 fully saturated rings. The van der Waals surface area contributed by atoms with Gasteiger partial charge in [-0.05, 0) is 25.1 Å². The first-order chi connectivity index (χ1) is 14.8. The van der Waals surface area contributed by atoms with Crippen LogP contribution in [0, 0.1) is 24.5 Å². The van der Waals surface area contributed by atoms with Crippen molar-refractivity contribution in [2.24, 2.45) is 13.0 Å². The Morgan fingerprint density at radius 1 is 1.19 bits per heavy atom. The number of ether oxygens (including phenoxy) is 1. The molecule has 1 aromatic heterocycles. The largest absolute Gasteiger partial charge is 0.452 e. The van der Waals surface area contributed by atoms with E-state index in [-0.39, 0.29) is 29.5 Å². The molecule has 1 amide bonds. The van der Waals surface area contributed by atoms with Gasteiger partial charge in [-0.3, -0.25) is 10.2 Å². The lowest BCUT2D eigenvalue weighted by molar-refractivity contribution is -0.136. The van der Waals surface area contributed by atoms with Crippen LogP contribution in [0.25, 0.3) is 11.0 Å². The molecule has 0 aliphatic carbocycles. The molecule has 2 aliphatic rings. The fourth-order valence-corrected chi connectivity index (χ4v) is 4.65. The maximum absolute atomic E-state index is 14.5. The molecule has 3 heterocycles. The summed E-state index contributed by atoms with van der Waals surface area (Å²) in [7, 11) is 3.68. The molecule has 3 atom stereocenters. The number of rotatable bonds is 3. The van der Waals surface area contributed by atoms with Gasteiger partial charge in [-0.25, -0.2) is 19.2 Å². The number of nitrogens with zero attached hydrogens (tertiary/aromatic N) is 3. The first kappa shape index (κ1) is 19.9. The van der Waals surface area contributed by atoms with Gasteiger partial charge in [0.25, 0.3) is 0 Å². The summed E-state index contributed by atoms with van der Waals surface area (Å²) in [6, 6.07) is 6.83. The highest BCUT2D eigenvalue weighted by atomic mass is 19.1. The predicted octanol–water partition coefficient (Wildman–Crippen LogP) is 2.60. The monoisotopic (exact) mass is 427 g/mol. The standard InChI is InChI=1S/C22H23F2N5O2/c1-11-26-20-17(29(11)3)6-5-13(21(20)31-18-7-4-12(23)8-16(18)24)15-10-28(2)22(30)19-14(15)9-25-27-19/h4-8,14-15,19,25,27H,9-10H2,1-3H3. The number of aryl methyl sites for hydroxylation is 2. The van der Waals surface area contributed by atoms with E-state index < -0.39 is 11.6 Å². The van der Waals surface area contributed by atoms with E-state index in [1.165, 1.54) is 6.07 Å². The van der Waals surface area contributed by atoms with Gasteiger partial charge in [0.2, 0.25) is 5.91 Å². The van der Waals surface area contributed by atoms with E-state index in [2.05, 4.69) is 15.8 Å². The number of likely N-dealkylation sites (N-methyl/N-ethyl adjacent to an activating group) is 1. The van der Waals surface area contributed by atoms with E-state index in [1.807, 2.05) is 30.7 Å². The molecule has 162 valence electrons. The SMILES string of the molecule is Cc1nc2c(Oc3ccc(F)cc3F)c(C3CN(C)C(=O)C4NNCC43)ccc2n1C. The van der Waals surface area contributed by atoms with Crippen LogP contribution < -0.4 is 15.6 Å². The summed E-state index contributed by atoms with van der Waals surface area (Å²) in [6.07, 6.45) is 0. The molecule has 7 nitrogen and oxygen atoms in total. The highest BCUT2D eigenvalue weighted by molar-refractivity contribution is 5.86. The summed E-state index contributed by atoms with van der Waals surface area (Å²) in [5, 5.41) is 0. The molecular weight excluding hydrogens is 404 g/mol. The maximum atomic E-state index is 14.5. The van der Waals surface area contributed by atoms with Crippen LogP contribution in [0.5, 0.6) is 11.5 Å². The van der Waals surface area contributed by atoms with Gasteiger partial charge in [0, 0.05) is 50.7 Å². The number of fused-ring (bicyclic) bond motifs is 2. The van der Waals surface area contributed by atoms with E-state index in [4.69, 9.17) is 4.74 Å². The molecule has 2 N–H and O–H groups in total. The van der Waals surface area contributed by atoms with Gasteiger partial charge in [0.1, 0.15) is 23.2 Å². The average Bonchev–Trinajstić information content (AvgIpc) is 3.33. The van der Waals surface area contributed by atoms with Crippen LogP contribution in [-0.2, 0) is 11.8 Å². The van der Waals surface area contributed by atoms with Crippen molar-refractivity contribution in [3.05, 3.63) is 53.4 Å². The molecule has 3 unspecified atom stereocenters. The van der Waals surface area contributed by atoms with Crippen molar-refractivity contribution in [3.63, 3.8) is 0 Å². The second kappa shape index (κ2) is 7.28. The van der Waals surface area contributed by atoms with Crippen LogP contribution in [0.2, 0.25) is 0 Å². The van der Waals surface area contributed by atoms with Crippen molar-refractivity contribution in [1.29, 1.82) is 0 Å². The Hall–Kier alpha value is -3.04. The minimum absolute atomic E-state index is 0.00590. The quantitative estimate of drug-likeness (QED) is 0.673. The van der Waals surface area contributed by atoms with E-state index in [9.17, 15) is 13.6 Å². The molecule has 9 heteroatoms. The van der Waals surface area contributed by atoms with Crippen molar-refractivity contribution in [3.8, 4) is 11.5 Å². The van der Waals surface area contributed by atoms with Gasteiger partial charge >= 0.3 is 0 Å². The van der Waals surface area contributed by atoms with Crippen LogP contribution in [0.1, 0.15) is 17.3 Å². The lowest BCUT2D eigenvalue weighted by Gasteiger charge is -2.38. The van der Waals surface area contributed by atoms with E-state index in [0.717, 1.165) is 29.0 Å². The molecule has 0 saturated carbocycles. The molecule has 0 radical (unpaired) electrons. The normalized spacial score (nSPS) is 23.5. The Bertz CT molecular complexity index is 1190. The Labute approximate surface area is 178 Å². The van der Waals surface area contributed by atoms with E-state index >= 15 is 0 Å². The zero-order valence-corrected chi connectivity index (χ0v) is 17.4. The molecule has 0 spiro atoms. The summed E-state index contributed by atoms with van der Waals surface area (Å²) in [5.41, 5.74) is 8.46. The molecule has 0 bridgehead atoms. The molecule has 3 aromatic rings. The number of carbonyl (C=O) groups is 1. The van der Waals surface area contributed by atoms with Gasteiger partial charge in [-0.15, -0.1) is 0 Å². The number of hydrogen-bond donors (Lipinski definition) is 2. The molecule has 2 aliphatic heterocycles. The second-order valence-corrected chi connectivity index (χ2v) is 8.24. The number of nitrogens with one attached hydrogen (secondary N) is 2. The molecule has 5 rings (SSSR count). The number of likely N-dealkylation sites (tertiary alicyclic amines) is 1. The van der Waals surface area contributed by atoms with Crippen molar-refractivity contribution >= 4 is 16.9 Å². The zero-order valence-electron chi connectivity index (χ0n) is 17.4. The number of benzene rings is 2. The summed E-state index contributed by atoms with van der Waals surface area (Å²) >= 11 is 0. The van der Waals surface area contributed by atoms with Crippen LogP contribution in [0.3, 0.4) is 0 Å². The third kappa shape index (κ3) is 3.16. The second-order valence-electron chi connectivity index (χ2n) is 8.24. The van der Waals surface area contributed by atoms with E-state index in [1.54, 1.807) is 11.9 Å². The van der Waals surface area contributed by atoms with Gasteiger partial charge in [-0.2, -0.15) is 0 Å². The number of hydrogen-bond acceptors (Lipinski definition) is 5. The third-order valence-corrected chi connectivity index (χ3v) is 6.42. The van der Waals surface area contributed by atoms with Gasteiger partial charge < -0.3 is 14.2 Å². The zero-order chi connectivity index (χ0) is 21.9. The highest BCUT2D eigenvalue weighted by Gasteiger charge is 2.46. The van der Waals surface area contributed by atoms with E-state index in [0.29, 0.717) is 24.4 Å². The number of imidazole rings is 1. The first-order valence-corrected chi connectivity index (χ1v) is 10.2. The fourth-order valence-electron chi connectivity index (χ4n) is 4.65. The Balaban J connectivity index is 1.67. The van der Waals surface area contributed by atoms with Gasteiger partial charge in [-0.1, -0.05) is 6.07 Å². The van der Waals surface area contributed by atoms with Crippen molar-refractivity contribution < 1.29 is 18.3 Å². The molecule has 2 aromatic carbocycles. The minimum Gasteiger partial charge on any atom is -0.452 e. The Morgan fingerprint density at radius 3 is 2.77 bits per heavy atom. The van der Waals surface area contributed by atoms with Crippen molar-refractivity contribution in [2.75, 3.05) is 20.1 Å². The lowest BCUT2D eigenvalue weighted by Crippen LogP contribution is -2.53. The lowest BCUT2D eigenvalue weighted by atomic mass is 9.78. The van der Waals surface area contributed by atoms with Crippen LogP contribution in [0.15, 0.2) is 30.3 Å². The average molecular weight is 427 g/mol. The number of aromatic nitrogens is 2. The van der Waals surface area contributed by atoms with Crippen molar-refractivity contribution in [1.82, 2.24) is 25.3 Å². The van der Waals surface area contributed by atoms with Gasteiger partial charge in [0.05, 0.1) is 5.52 Å². The summed E-state index contributed by atoms with van der Waals surface area (Å²) in [6.45, 7) is 3.01. The van der Waals surface area contributed by atoms with Crippen LogP contribution in [0.4, 0.5) is 8.78 Å². The topological polar surface area (TPSA) is 71.4 Å². The summed E-state index contributed by atoms with van der Waals surface area (Å²) < 4.78 is 35.9. The van der Waals surface area contributed by atoms with Gasteiger partial charge in [0.15, 0.2) is 17.3 Å². The Kier molecular flexibility index (Phi) is 4.67.